The molecule has 0 aliphatic heterocycles. The van der Waals surface area contributed by atoms with Crippen molar-refractivity contribution in [3.05, 3.63) is 0 Å². The fourth-order valence-electron chi connectivity index (χ4n) is 2.18. The summed E-state index contributed by atoms with van der Waals surface area (Å²) in [6, 6.07) is 0. The Balaban J connectivity index is 2.41. The first-order valence-electron chi connectivity index (χ1n) is 4.94. The summed E-state index contributed by atoms with van der Waals surface area (Å²) in [4.78, 5) is 2.17. The van der Waals surface area contributed by atoms with Gasteiger partial charge < -0.3 is 10.0 Å². The van der Waals surface area contributed by atoms with Gasteiger partial charge in [0.1, 0.15) is 0 Å². The van der Waals surface area contributed by atoms with Crippen LogP contribution in [-0.4, -0.2) is 36.8 Å². The highest BCUT2D eigenvalue weighted by Gasteiger charge is 2.28. The molecule has 0 saturated heterocycles. The fraction of sp³-hybridized carbons (Fsp3) is 1.00. The third-order valence-electron chi connectivity index (χ3n) is 2.90. The molecule has 1 aliphatic rings. The van der Waals surface area contributed by atoms with Gasteiger partial charge in [-0.15, -0.1) is 0 Å². The molecule has 1 aliphatic carbocycles. The van der Waals surface area contributed by atoms with Crippen molar-refractivity contribution in [2.24, 2.45) is 11.8 Å². The van der Waals surface area contributed by atoms with Crippen LogP contribution in [0.2, 0.25) is 0 Å². The van der Waals surface area contributed by atoms with Gasteiger partial charge in [-0.3, -0.25) is 0 Å². The van der Waals surface area contributed by atoms with Gasteiger partial charge in [-0.1, -0.05) is 13.3 Å². The zero-order valence-electron chi connectivity index (χ0n) is 8.45. The molecule has 2 heteroatoms. The maximum absolute atomic E-state index is 9.86. The Kier molecular flexibility index (Phi) is 3.53. The largest absolute Gasteiger partial charge is 0.393 e. The second-order valence-electron chi connectivity index (χ2n) is 4.42. The lowest BCUT2D eigenvalue weighted by molar-refractivity contribution is 0.0146. The number of hydrogen-bond acceptors (Lipinski definition) is 2. The molecule has 0 spiro atoms. The molecule has 0 aromatic carbocycles. The third kappa shape index (κ3) is 2.46. The molecule has 1 N–H and O–H groups in total. The van der Waals surface area contributed by atoms with Crippen molar-refractivity contribution in [2.45, 2.75) is 32.3 Å². The molecule has 3 atom stereocenters. The minimum atomic E-state index is -0.0684. The van der Waals surface area contributed by atoms with Gasteiger partial charge in [0, 0.05) is 6.54 Å². The molecule has 72 valence electrons. The number of rotatable bonds is 2. The minimum absolute atomic E-state index is 0.0684. The van der Waals surface area contributed by atoms with E-state index in [-0.39, 0.29) is 6.10 Å². The number of aliphatic hydroxyl groups excluding tert-OH is 1. The van der Waals surface area contributed by atoms with Crippen LogP contribution in [0.3, 0.4) is 0 Å². The molecule has 1 fully saturated rings. The van der Waals surface area contributed by atoms with Crippen LogP contribution in [0, 0.1) is 11.8 Å². The van der Waals surface area contributed by atoms with E-state index in [9.17, 15) is 5.11 Å². The Morgan fingerprint density at radius 3 is 2.58 bits per heavy atom. The highest BCUT2D eigenvalue weighted by Crippen LogP contribution is 2.29. The smallest absolute Gasteiger partial charge is 0.0606 e. The van der Waals surface area contributed by atoms with Crippen LogP contribution in [0.5, 0.6) is 0 Å². The van der Waals surface area contributed by atoms with E-state index < -0.39 is 0 Å². The summed E-state index contributed by atoms with van der Waals surface area (Å²) >= 11 is 0. The molecule has 0 aromatic rings. The third-order valence-corrected chi connectivity index (χ3v) is 2.90. The molecule has 0 radical (unpaired) electrons. The van der Waals surface area contributed by atoms with Crippen molar-refractivity contribution in [2.75, 3.05) is 20.6 Å². The quantitative estimate of drug-likeness (QED) is 0.678. The van der Waals surface area contributed by atoms with E-state index in [1.54, 1.807) is 0 Å². The van der Waals surface area contributed by atoms with Gasteiger partial charge in [0.15, 0.2) is 0 Å². The van der Waals surface area contributed by atoms with Crippen molar-refractivity contribution in [1.29, 1.82) is 0 Å². The molecular formula is C10H21NO. The Labute approximate surface area is 75.6 Å². The van der Waals surface area contributed by atoms with Crippen molar-refractivity contribution in [3.8, 4) is 0 Å². The molecular weight excluding hydrogens is 150 g/mol. The van der Waals surface area contributed by atoms with E-state index in [0.717, 1.165) is 6.54 Å². The van der Waals surface area contributed by atoms with E-state index in [0.29, 0.717) is 11.8 Å². The molecule has 0 amide bonds. The lowest BCUT2D eigenvalue weighted by Gasteiger charge is -2.34. The average molecular weight is 171 g/mol. The van der Waals surface area contributed by atoms with Crippen LogP contribution in [0.25, 0.3) is 0 Å². The lowest BCUT2D eigenvalue weighted by atomic mass is 9.79. The van der Waals surface area contributed by atoms with E-state index in [1.165, 1.54) is 19.3 Å². The summed E-state index contributed by atoms with van der Waals surface area (Å²) in [6.45, 7) is 3.19. The van der Waals surface area contributed by atoms with Gasteiger partial charge in [-0.2, -0.15) is 0 Å². The molecule has 2 nitrogen and oxygen atoms in total. The average Bonchev–Trinajstić information content (AvgIpc) is 1.98. The Hall–Kier alpha value is -0.0800. The molecule has 1 saturated carbocycles. The van der Waals surface area contributed by atoms with Crippen LogP contribution in [0.1, 0.15) is 26.2 Å². The van der Waals surface area contributed by atoms with Crippen LogP contribution in [-0.2, 0) is 0 Å². The maximum atomic E-state index is 9.86. The SMILES string of the molecule is CC1CCCC(CN(C)C)C1O. The molecule has 3 unspecified atom stereocenters. The summed E-state index contributed by atoms with van der Waals surface area (Å²) in [5, 5.41) is 9.86. The Morgan fingerprint density at radius 2 is 2.00 bits per heavy atom. The van der Waals surface area contributed by atoms with Gasteiger partial charge in [0.2, 0.25) is 0 Å². The van der Waals surface area contributed by atoms with Gasteiger partial charge in [-0.25, -0.2) is 0 Å². The Morgan fingerprint density at radius 1 is 1.33 bits per heavy atom. The normalized spacial score (nSPS) is 37.2. The van der Waals surface area contributed by atoms with Crippen molar-refractivity contribution >= 4 is 0 Å². The summed E-state index contributed by atoms with van der Waals surface area (Å²) < 4.78 is 0. The van der Waals surface area contributed by atoms with E-state index in [2.05, 4.69) is 25.9 Å². The van der Waals surface area contributed by atoms with Crippen molar-refractivity contribution < 1.29 is 5.11 Å². The van der Waals surface area contributed by atoms with Crippen LogP contribution in [0.4, 0.5) is 0 Å². The lowest BCUT2D eigenvalue weighted by Crippen LogP contribution is -2.37. The second-order valence-corrected chi connectivity index (χ2v) is 4.42. The van der Waals surface area contributed by atoms with E-state index >= 15 is 0 Å². The van der Waals surface area contributed by atoms with Gasteiger partial charge in [0.25, 0.3) is 0 Å². The molecule has 0 bridgehead atoms. The topological polar surface area (TPSA) is 23.5 Å². The first kappa shape index (κ1) is 10.0. The molecule has 12 heavy (non-hydrogen) atoms. The monoisotopic (exact) mass is 171 g/mol. The fourth-order valence-corrected chi connectivity index (χ4v) is 2.18. The summed E-state index contributed by atoms with van der Waals surface area (Å²) in [6.07, 6.45) is 3.62. The van der Waals surface area contributed by atoms with E-state index in [4.69, 9.17) is 0 Å². The standard InChI is InChI=1S/C10H21NO/c1-8-5-4-6-9(10(8)12)7-11(2)3/h8-10,12H,4-7H2,1-3H3. The highest BCUT2D eigenvalue weighted by atomic mass is 16.3. The minimum Gasteiger partial charge on any atom is -0.393 e. The second kappa shape index (κ2) is 4.24. The van der Waals surface area contributed by atoms with Crippen LogP contribution < -0.4 is 0 Å². The summed E-state index contributed by atoms with van der Waals surface area (Å²) in [5.74, 6) is 1.01. The van der Waals surface area contributed by atoms with Gasteiger partial charge >= 0.3 is 0 Å². The van der Waals surface area contributed by atoms with Crippen LogP contribution in [0.15, 0.2) is 0 Å². The maximum Gasteiger partial charge on any atom is 0.0606 e. The van der Waals surface area contributed by atoms with Crippen LogP contribution >= 0.6 is 0 Å². The van der Waals surface area contributed by atoms with Crippen molar-refractivity contribution in [1.82, 2.24) is 4.90 Å². The highest BCUT2D eigenvalue weighted by molar-refractivity contribution is 4.80. The molecule has 1 rings (SSSR count). The first-order valence-corrected chi connectivity index (χ1v) is 4.94. The first-order chi connectivity index (χ1) is 5.61. The predicted molar refractivity (Wildman–Crippen MR) is 51.1 cm³/mol. The number of hydrogen-bond donors (Lipinski definition) is 1. The molecule has 0 aromatic heterocycles. The zero-order valence-corrected chi connectivity index (χ0v) is 8.45. The number of nitrogens with zero attached hydrogens (tertiary/aromatic N) is 1. The predicted octanol–water partition coefficient (Wildman–Crippen LogP) is 1.35. The van der Waals surface area contributed by atoms with Crippen molar-refractivity contribution in [3.63, 3.8) is 0 Å². The summed E-state index contributed by atoms with van der Waals surface area (Å²) in [5.41, 5.74) is 0. The summed E-state index contributed by atoms with van der Waals surface area (Å²) in [7, 11) is 4.15. The zero-order chi connectivity index (χ0) is 9.14. The van der Waals surface area contributed by atoms with E-state index in [1.807, 2.05) is 0 Å². The van der Waals surface area contributed by atoms with Gasteiger partial charge in [0.05, 0.1) is 6.10 Å². The van der Waals surface area contributed by atoms with Gasteiger partial charge in [-0.05, 0) is 38.8 Å². The molecule has 0 heterocycles. The Bertz CT molecular complexity index is 136. The number of aliphatic hydroxyl groups is 1.